The number of hydrogen-bond acceptors (Lipinski definition) is 3. The third-order valence-corrected chi connectivity index (χ3v) is 5.60. The molecule has 3 unspecified atom stereocenters. The van der Waals surface area contributed by atoms with Crippen molar-refractivity contribution in [2.24, 2.45) is 11.3 Å². The Kier molecular flexibility index (Phi) is 5.49. The van der Waals surface area contributed by atoms with Crippen molar-refractivity contribution >= 4 is 6.03 Å². The first-order chi connectivity index (χ1) is 10.1. The molecule has 2 aliphatic rings. The van der Waals surface area contributed by atoms with Crippen LogP contribution >= 0.6 is 0 Å². The van der Waals surface area contributed by atoms with Gasteiger partial charge in [0.2, 0.25) is 0 Å². The van der Waals surface area contributed by atoms with Crippen molar-refractivity contribution in [3.05, 3.63) is 0 Å². The third-order valence-electron chi connectivity index (χ3n) is 5.60. The van der Waals surface area contributed by atoms with Crippen LogP contribution in [0.5, 0.6) is 0 Å². The van der Waals surface area contributed by atoms with E-state index < -0.39 is 0 Å². The number of likely N-dealkylation sites (tertiary alicyclic amines) is 1. The zero-order valence-corrected chi connectivity index (χ0v) is 13.6. The first-order valence-electron chi connectivity index (χ1n) is 8.39. The standard InChI is InChI=1S/C16H30N2O3/c1-4-16(5-2)13(9-14(16)21-6-3)17-15(20)18-8-7-12(10-18)11-19/h12-14,19H,4-11H2,1-3H3,(H,17,20). The maximum absolute atomic E-state index is 12.4. The fourth-order valence-electron chi connectivity index (χ4n) is 3.99. The van der Waals surface area contributed by atoms with E-state index in [1.807, 2.05) is 11.8 Å². The quantitative estimate of drug-likeness (QED) is 0.788. The molecule has 5 heteroatoms. The maximum Gasteiger partial charge on any atom is 0.317 e. The molecule has 1 saturated carbocycles. The fraction of sp³-hybridized carbons (Fsp3) is 0.938. The molecule has 3 atom stereocenters. The summed E-state index contributed by atoms with van der Waals surface area (Å²) in [5.74, 6) is 0.246. The molecule has 1 saturated heterocycles. The summed E-state index contributed by atoms with van der Waals surface area (Å²) in [6, 6.07) is 0.238. The van der Waals surface area contributed by atoms with Crippen LogP contribution in [-0.4, -0.2) is 54.5 Å². The van der Waals surface area contributed by atoms with Gasteiger partial charge in [-0.15, -0.1) is 0 Å². The number of nitrogens with one attached hydrogen (secondary N) is 1. The van der Waals surface area contributed by atoms with Crippen molar-refractivity contribution in [1.29, 1.82) is 0 Å². The molecule has 2 fully saturated rings. The molecule has 0 bridgehead atoms. The topological polar surface area (TPSA) is 61.8 Å². The Morgan fingerprint density at radius 2 is 2.10 bits per heavy atom. The molecule has 0 spiro atoms. The number of ether oxygens (including phenoxy) is 1. The molecule has 1 heterocycles. The van der Waals surface area contributed by atoms with Crippen LogP contribution < -0.4 is 5.32 Å². The van der Waals surface area contributed by atoms with E-state index in [1.54, 1.807) is 0 Å². The number of nitrogens with zero attached hydrogens (tertiary/aromatic N) is 1. The molecule has 2 N–H and O–H groups in total. The third kappa shape index (κ3) is 3.04. The lowest BCUT2D eigenvalue weighted by molar-refractivity contribution is -0.134. The molecule has 0 aromatic carbocycles. The molecule has 2 rings (SSSR count). The summed E-state index contributed by atoms with van der Waals surface area (Å²) in [5.41, 5.74) is 0.0851. The Morgan fingerprint density at radius 1 is 1.38 bits per heavy atom. The molecule has 21 heavy (non-hydrogen) atoms. The van der Waals surface area contributed by atoms with E-state index in [-0.39, 0.29) is 36.1 Å². The predicted molar refractivity (Wildman–Crippen MR) is 82.1 cm³/mol. The van der Waals surface area contributed by atoms with Crippen molar-refractivity contribution in [2.45, 2.75) is 58.6 Å². The fourth-order valence-corrected chi connectivity index (χ4v) is 3.99. The van der Waals surface area contributed by atoms with E-state index in [0.29, 0.717) is 6.54 Å². The molecule has 1 aliphatic heterocycles. The van der Waals surface area contributed by atoms with Gasteiger partial charge in [0.1, 0.15) is 0 Å². The van der Waals surface area contributed by atoms with Gasteiger partial charge in [-0.05, 0) is 32.6 Å². The maximum atomic E-state index is 12.4. The minimum Gasteiger partial charge on any atom is -0.396 e. The van der Waals surface area contributed by atoms with Crippen LogP contribution in [0.2, 0.25) is 0 Å². The van der Waals surface area contributed by atoms with Crippen LogP contribution in [0.4, 0.5) is 4.79 Å². The lowest BCUT2D eigenvalue weighted by Crippen LogP contribution is -2.65. The molecular formula is C16H30N2O3. The summed E-state index contributed by atoms with van der Waals surface area (Å²) in [6.45, 7) is 8.74. The minimum atomic E-state index is 0.0252. The van der Waals surface area contributed by atoms with E-state index in [0.717, 1.165) is 38.8 Å². The number of carbonyl (C=O) groups excluding carboxylic acids is 1. The number of rotatable bonds is 6. The van der Waals surface area contributed by atoms with Gasteiger partial charge in [0, 0.05) is 43.7 Å². The average molecular weight is 298 g/mol. The molecular weight excluding hydrogens is 268 g/mol. The second-order valence-electron chi connectivity index (χ2n) is 6.41. The Bertz CT molecular complexity index is 357. The van der Waals surface area contributed by atoms with Gasteiger partial charge < -0.3 is 20.1 Å². The van der Waals surface area contributed by atoms with Crippen molar-refractivity contribution in [3.8, 4) is 0 Å². The van der Waals surface area contributed by atoms with Crippen LogP contribution in [0.1, 0.15) is 46.5 Å². The van der Waals surface area contributed by atoms with Gasteiger partial charge in [-0.2, -0.15) is 0 Å². The van der Waals surface area contributed by atoms with E-state index in [4.69, 9.17) is 4.74 Å². The van der Waals surface area contributed by atoms with Gasteiger partial charge in [-0.1, -0.05) is 13.8 Å². The first kappa shape index (κ1) is 16.6. The Hall–Kier alpha value is -0.810. The van der Waals surface area contributed by atoms with Gasteiger partial charge in [-0.3, -0.25) is 0 Å². The van der Waals surface area contributed by atoms with Gasteiger partial charge in [-0.25, -0.2) is 4.79 Å². The van der Waals surface area contributed by atoms with Crippen molar-refractivity contribution < 1.29 is 14.6 Å². The molecule has 0 radical (unpaired) electrons. The Balaban J connectivity index is 1.92. The smallest absolute Gasteiger partial charge is 0.317 e. The number of aliphatic hydroxyl groups excluding tert-OH is 1. The molecule has 122 valence electrons. The molecule has 1 aliphatic carbocycles. The highest BCUT2D eigenvalue weighted by Gasteiger charge is 2.54. The number of aliphatic hydroxyl groups is 1. The summed E-state index contributed by atoms with van der Waals surface area (Å²) in [6.07, 6.45) is 4.14. The summed E-state index contributed by atoms with van der Waals surface area (Å²) in [4.78, 5) is 14.2. The van der Waals surface area contributed by atoms with Gasteiger partial charge in [0.15, 0.2) is 0 Å². The van der Waals surface area contributed by atoms with Crippen LogP contribution in [0, 0.1) is 11.3 Å². The normalized spacial score (nSPS) is 31.0. The second kappa shape index (κ2) is 6.97. The summed E-state index contributed by atoms with van der Waals surface area (Å²) < 4.78 is 5.85. The lowest BCUT2D eigenvalue weighted by Gasteiger charge is -2.55. The number of hydrogen-bond donors (Lipinski definition) is 2. The molecule has 2 amide bonds. The summed E-state index contributed by atoms with van der Waals surface area (Å²) >= 11 is 0. The van der Waals surface area contributed by atoms with Crippen molar-refractivity contribution in [2.75, 3.05) is 26.3 Å². The van der Waals surface area contributed by atoms with Crippen molar-refractivity contribution in [3.63, 3.8) is 0 Å². The van der Waals surface area contributed by atoms with E-state index in [1.165, 1.54) is 0 Å². The SMILES string of the molecule is CCOC1CC(NC(=O)N2CCC(CO)C2)C1(CC)CC. The van der Waals surface area contributed by atoms with Crippen LogP contribution in [-0.2, 0) is 4.74 Å². The first-order valence-corrected chi connectivity index (χ1v) is 8.39. The number of carbonyl (C=O) groups is 1. The van der Waals surface area contributed by atoms with Gasteiger partial charge in [0.25, 0.3) is 0 Å². The highest BCUT2D eigenvalue weighted by atomic mass is 16.5. The number of amides is 2. The molecule has 0 aromatic rings. The number of urea groups is 1. The second-order valence-corrected chi connectivity index (χ2v) is 6.41. The Labute approximate surface area is 128 Å². The zero-order chi connectivity index (χ0) is 15.5. The van der Waals surface area contributed by atoms with Gasteiger partial charge in [0.05, 0.1) is 6.10 Å². The molecule has 0 aromatic heterocycles. The predicted octanol–water partition coefficient (Wildman–Crippen LogP) is 1.99. The van der Waals surface area contributed by atoms with Crippen LogP contribution in [0.25, 0.3) is 0 Å². The summed E-state index contributed by atoms with van der Waals surface area (Å²) in [7, 11) is 0. The van der Waals surface area contributed by atoms with Crippen molar-refractivity contribution in [1.82, 2.24) is 10.2 Å². The van der Waals surface area contributed by atoms with E-state index in [9.17, 15) is 9.90 Å². The largest absolute Gasteiger partial charge is 0.396 e. The zero-order valence-electron chi connectivity index (χ0n) is 13.6. The van der Waals surface area contributed by atoms with Gasteiger partial charge >= 0.3 is 6.03 Å². The monoisotopic (exact) mass is 298 g/mol. The summed E-state index contributed by atoms with van der Waals surface area (Å²) in [5, 5.41) is 12.4. The van der Waals surface area contributed by atoms with Crippen LogP contribution in [0.15, 0.2) is 0 Å². The Morgan fingerprint density at radius 3 is 2.62 bits per heavy atom. The highest BCUT2D eigenvalue weighted by Crippen LogP contribution is 2.49. The average Bonchev–Trinajstić information content (AvgIpc) is 2.96. The molecule has 5 nitrogen and oxygen atoms in total. The minimum absolute atomic E-state index is 0.0252. The highest BCUT2D eigenvalue weighted by molar-refractivity contribution is 5.75. The van der Waals surface area contributed by atoms with Crippen LogP contribution in [0.3, 0.4) is 0 Å². The van der Waals surface area contributed by atoms with E-state index >= 15 is 0 Å². The van der Waals surface area contributed by atoms with E-state index in [2.05, 4.69) is 19.2 Å². The lowest BCUT2D eigenvalue weighted by atomic mass is 9.58.